The van der Waals surface area contributed by atoms with Crippen LogP contribution in [0.1, 0.15) is 25.0 Å². The van der Waals surface area contributed by atoms with E-state index in [4.69, 9.17) is 15.0 Å². The first-order valence-electron chi connectivity index (χ1n) is 20.5. The maximum atomic E-state index is 5.54. The second kappa shape index (κ2) is 13.4. The lowest BCUT2D eigenvalue weighted by molar-refractivity contribution is 0.660. The van der Waals surface area contributed by atoms with E-state index in [1.54, 1.807) is 0 Å². The Bertz CT molecular complexity index is 3490. The van der Waals surface area contributed by atoms with Crippen LogP contribution in [0, 0.1) is 0 Å². The highest BCUT2D eigenvalue weighted by atomic mass is 32.1. The molecule has 0 N–H and O–H groups in total. The van der Waals surface area contributed by atoms with E-state index in [-0.39, 0.29) is 5.41 Å². The summed E-state index contributed by atoms with van der Waals surface area (Å²) in [6.07, 6.45) is 0. The third-order valence-electron chi connectivity index (χ3n) is 12.5. The van der Waals surface area contributed by atoms with Gasteiger partial charge in [0.05, 0.1) is 22.6 Å². The summed E-state index contributed by atoms with van der Waals surface area (Å²) in [6.45, 7) is 4.69. The third kappa shape index (κ3) is 5.38. The lowest BCUT2D eigenvalue weighted by atomic mass is 9.81. The number of thiophene rings is 1. The van der Waals surface area contributed by atoms with Crippen LogP contribution in [-0.2, 0) is 5.41 Å². The minimum Gasteiger partial charge on any atom is -0.247 e. The summed E-state index contributed by atoms with van der Waals surface area (Å²) < 4.78 is 2.45. The number of aromatic nitrogens is 3. The summed E-state index contributed by atoms with van der Waals surface area (Å²) in [5, 5.41) is 5.97. The molecule has 0 bridgehead atoms. The maximum absolute atomic E-state index is 5.54. The van der Waals surface area contributed by atoms with Gasteiger partial charge in [-0.2, -0.15) is 0 Å². The van der Waals surface area contributed by atoms with Crippen LogP contribution in [0.5, 0.6) is 0 Å². The van der Waals surface area contributed by atoms with Crippen molar-refractivity contribution in [2.75, 3.05) is 0 Å². The van der Waals surface area contributed by atoms with Crippen LogP contribution in [-0.4, -0.2) is 15.0 Å². The minimum absolute atomic E-state index is 0.138. The minimum atomic E-state index is -0.138. The Labute approximate surface area is 352 Å². The molecule has 60 heavy (non-hydrogen) atoms. The second-order valence-corrected chi connectivity index (χ2v) is 17.4. The molecule has 3 aromatic heterocycles. The number of nitrogens with zero attached hydrogens (tertiary/aromatic N) is 3. The van der Waals surface area contributed by atoms with Crippen molar-refractivity contribution < 1.29 is 0 Å². The summed E-state index contributed by atoms with van der Waals surface area (Å²) >= 11 is 1.84. The number of hydrogen-bond acceptors (Lipinski definition) is 4. The summed E-state index contributed by atoms with van der Waals surface area (Å²) in [6, 6.07) is 67.4. The highest BCUT2D eigenvalue weighted by Gasteiger charge is 2.35. The van der Waals surface area contributed by atoms with Gasteiger partial charge in [-0.05, 0) is 63.7 Å². The first-order valence-corrected chi connectivity index (χ1v) is 21.3. The quantitative estimate of drug-likeness (QED) is 0.163. The van der Waals surface area contributed by atoms with Gasteiger partial charge < -0.3 is 0 Å². The van der Waals surface area contributed by atoms with Gasteiger partial charge in [-0.1, -0.05) is 172 Å². The largest absolute Gasteiger partial charge is 0.247 e. The fourth-order valence-corrected chi connectivity index (χ4v) is 10.7. The first kappa shape index (κ1) is 34.7. The van der Waals surface area contributed by atoms with Crippen LogP contribution in [0.2, 0.25) is 0 Å². The van der Waals surface area contributed by atoms with Crippen molar-refractivity contribution in [3.8, 4) is 67.4 Å². The van der Waals surface area contributed by atoms with Crippen LogP contribution in [0.15, 0.2) is 188 Å². The zero-order valence-electron chi connectivity index (χ0n) is 33.1. The molecule has 1 aliphatic rings. The Kier molecular flexibility index (Phi) is 7.75. The van der Waals surface area contributed by atoms with E-state index in [1.807, 2.05) is 17.4 Å². The van der Waals surface area contributed by atoms with Crippen LogP contribution in [0.25, 0.3) is 109 Å². The number of para-hydroxylation sites is 1. The number of fused-ring (bicyclic) bond motifs is 10. The van der Waals surface area contributed by atoms with Gasteiger partial charge in [-0.15, -0.1) is 11.3 Å². The van der Waals surface area contributed by atoms with E-state index < -0.39 is 0 Å². The molecule has 282 valence electrons. The molecule has 0 unspecified atom stereocenters. The molecule has 8 aromatic carbocycles. The number of benzene rings is 8. The molecule has 0 aliphatic heterocycles. The van der Waals surface area contributed by atoms with Gasteiger partial charge in [0.25, 0.3) is 0 Å². The van der Waals surface area contributed by atoms with Gasteiger partial charge in [-0.25, -0.2) is 15.0 Å². The highest BCUT2D eigenvalue weighted by Crippen LogP contribution is 2.51. The average molecular weight is 784 g/mol. The maximum Gasteiger partial charge on any atom is 0.160 e. The van der Waals surface area contributed by atoms with Crippen molar-refractivity contribution >= 4 is 53.2 Å². The predicted octanol–water partition coefficient (Wildman–Crippen LogP) is 15.2. The average Bonchev–Trinajstić information content (AvgIpc) is 3.81. The monoisotopic (exact) mass is 783 g/mol. The summed E-state index contributed by atoms with van der Waals surface area (Å²) in [5.74, 6) is 0.696. The molecule has 0 radical (unpaired) electrons. The molecule has 0 amide bonds. The summed E-state index contributed by atoms with van der Waals surface area (Å²) in [4.78, 5) is 16.2. The fraction of sp³-hybridized carbons (Fsp3) is 0.0536. The van der Waals surface area contributed by atoms with E-state index in [9.17, 15) is 0 Å². The molecule has 3 nitrogen and oxygen atoms in total. The van der Waals surface area contributed by atoms with Crippen LogP contribution in [0.4, 0.5) is 0 Å². The van der Waals surface area contributed by atoms with Gasteiger partial charge in [0, 0.05) is 64.0 Å². The van der Waals surface area contributed by atoms with Gasteiger partial charge in [0.2, 0.25) is 0 Å². The Hall–Kier alpha value is -7.27. The fourth-order valence-electron chi connectivity index (χ4n) is 9.51. The molecule has 1 aliphatic carbocycles. The molecule has 11 aromatic rings. The van der Waals surface area contributed by atoms with Gasteiger partial charge in [0.15, 0.2) is 5.82 Å². The van der Waals surface area contributed by atoms with Crippen LogP contribution >= 0.6 is 11.3 Å². The molecule has 0 fully saturated rings. The SMILES string of the molecule is CC1(C)c2ccccc2-c2ccc(-c3nc4ccccc4c4c3cc(-c3cc(-c5ccc(-c6ccccc6)cc5)nc(-c5ccccc5)n3)c3sc5ccccc5c34)cc21. The number of hydrogen-bond donors (Lipinski definition) is 0. The van der Waals surface area contributed by atoms with Gasteiger partial charge in [-0.3, -0.25) is 0 Å². The number of rotatable bonds is 5. The van der Waals surface area contributed by atoms with E-state index >= 15 is 0 Å². The Morgan fingerprint density at radius 1 is 0.400 bits per heavy atom. The molecule has 0 saturated heterocycles. The molecule has 12 rings (SSSR count). The predicted molar refractivity (Wildman–Crippen MR) is 252 cm³/mol. The van der Waals surface area contributed by atoms with E-state index in [1.165, 1.54) is 58.9 Å². The molecule has 0 saturated carbocycles. The van der Waals surface area contributed by atoms with E-state index in [2.05, 4.69) is 196 Å². The van der Waals surface area contributed by atoms with Crippen molar-refractivity contribution in [3.63, 3.8) is 0 Å². The van der Waals surface area contributed by atoms with Crippen molar-refractivity contribution in [1.29, 1.82) is 0 Å². The molecule has 4 heteroatoms. The zero-order valence-corrected chi connectivity index (χ0v) is 34.0. The lowest BCUT2D eigenvalue weighted by Crippen LogP contribution is -2.14. The van der Waals surface area contributed by atoms with Crippen molar-refractivity contribution in [1.82, 2.24) is 15.0 Å². The lowest BCUT2D eigenvalue weighted by Gasteiger charge is -2.22. The second-order valence-electron chi connectivity index (χ2n) is 16.3. The third-order valence-corrected chi connectivity index (χ3v) is 13.7. The van der Waals surface area contributed by atoms with Crippen LogP contribution < -0.4 is 0 Å². The smallest absolute Gasteiger partial charge is 0.160 e. The normalized spacial score (nSPS) is 13.0. The first-order chi connectivity index (χ1) is 29.5. The molecule has 0 atom stereocenters. The Morgan fingerprint density at radius 3 is 1.83 bits per heavy atom. The van der Waals surface area contributed by atoms with Gasteiger partial charge >= 0.3 is 0 Å². The van der Waals surface area contributed by atoms with E-state index in [0.29, 0.717) is 5.82 Å². The zero-order chi connectivity index (χ0) is 40.0. The Balaban J connectivity index is 1.15. The topological polar surface area (TPSA) is 38.7 Å². The van der Waals surface area contributed by atoms with Gasteiger partial charge in [0.1, 0.15) is 0 Å². The van der Waals surface area contributed by atoms with Crippen molar-refractivity contribution in [2.24, 2.45) is 0 Å². The summed E-state index contributed by atoms with van der Waals surface area (Å²) in [7, 11) is 0. The molecular weight excluding hydrogens is 747 g/mol. The Morgan fingerprint density at radius 2 is 1.02 bits per heavy atom. The van der Waals surface area contributed by atoms with Crippen LogP contribution in [0.3, 0.4) is 0 Å². The highest BCUT2D eigenvalue weighted by molar-refractivity contribution is 7.26. The van der Waals surface area contributed by atoms with Crippen molar-refractivity contribution in [2.45, 2.75) is 19.3 Å². The molecule has 0 spiro atoms. The summed E-state index contributed by atoms with van der Waals surface area (Å²) in [5.41, 5.74) is 15.5. The standard InChI is InChI=1S/C56H37N3S/c1-56(2)45-22-12-9-19-39(45)40-30-29-38(31-46(40)56)53-44-32-43(54-52(42-21-11-14-24-50(42)60-54)51(44)41-20-10-13-23-47(41)57-53)49-33-48(58-55(59-49)37-17-7-4-8-18-37)36-27-25-35(26-28-36)34-15-5-3-6-16-34/h3-33H,1-2H3. The molecule has 3 heterocycles. The van der Waals surface area contributed by atoms with E-state index in [0.717, 1.165) is 55.6 Å². The number of pyridine rings is 1. The van der Waals surface area contributed by atoms with Crippen molar-refractivity contribution in [3.05, 3.63) is 199 Å². The molecular formula is C56H37N3S.